The van der Waals surface area contributed by atoms with Crippen molar-refractivity contribution in [1.29, 1.82) is 0 Å². The van der Waals surface area contributed by atoms with Crippen LogP contribution in [0, 0.1) is 0 Å². The van der Waals surface area contributed by atoms with Gasteiger partial charge in [-0.25, -0.2) is 5.84 Å². The van der Waals surface area contributed by atoms with Gasteiger partial charge in [-0.15, -0.1) is 0 Å². The summed E-state index contributed by atoms with van der Waals surface area (Å²) < 4.78 is 0.654. The molecule has 1 aromatic rings. The summed E-state index contributed by atoms with van der Waals surface area (Å²) in [6.45, 7) is 0.211. The fraction of sp³-hybridized carbons (Fsp3) is 0.250. The van der Waals surface area contributed by atoms with Gasteiger partial charge in [-0.3, -0.25) is 24.7 Å². The minimum absolute atomic E-state index is 0.166. The second-order valence-corrected chi connectivity index (χ2v) is 5.01. The summed E-state index contributed by atoms with van der Waals surface area (Å²) in [6.07, 6.45) is 0.536. The van der Waals surface area contributed by atoms with Gasteiger partial charge < -0.3 is 0 Å². The maximum Gasteiger partial charge on any atom is 0.265 e. The molecule has 0 saturated carbocycles. The first kappa shape index (κ1) is 13.7. The Morgan fingerprint density at radius 3 is 2.47 bits per heavy atom. The SMILES string of the molecule is NNC(=O)c1ccc(CN2C(=O)CCC2=O)c(Br)c1. The summed E-state index contributed by atoms with van der Waals surface area (Å²) in [5.41, 5.74) is 3.20. The fourth-order valence-electron chi connectivity index (χ4n) is 1.87. The van der Waals surface area contributed by atoms with Crippen molar-refractivity contribution in [3.8, 4) is 0 Å². The molecule has 1 aromatic carbocycles. The average Bonchev–Trinajstić information content (AvgIpc) is 2.71. The number of halogens is 1. The van der Waals surface area contributed by atoms with Gasteiger partial charge in [-0.1, -0.05) is 22.0 Å². The molecule has 2 rings (SSSR count). The van der Waals surface area contributed by atoms with Crippen LogP contribution in [0.2, 0.25) is 0 Å². The number of likely N-dealkylation sites (tertiary alicyclic amines) is 1. The van der Waals surface area contributed by atoms with E-state index in [9.17, 15) is 14.4 Å². The Labute approximate surface area is 118 Å². The molecule has 1 aliphatic heterocycles. The number of imide groups is 1. The molecule has 0 spiro atoms. The monoisotopic (exact) mass is 325 g/mol. The quantitative estimate of drug-likeness (QED) is 0.370. The highest BCUT2D eigenvalue weighted by molar-refractivity contribution is 9.10. The smallest absolute Gasteiger partial charge is 0.265 e. The van der Waals surface area contributed by atoms with Gasteiger partial charge in [0.15, 0.2) is 0 Å². The number of nitrogens with one attached hydrogen (secondary N) is 1. The molecule has 0 atom stereocenters. The molecule has 3 amide bonds. The van der Waals surface area contributed by atoms with Crippen LogP contribution in [-0.2, 0) is 16.1 Å². The molecule has 0 bridgehead atoms. The standard InChI is InChI=1S/C12H12BrN3O3/c13-9-5-7(12(19)15-14)1-2-8(9)6-16-10(17)3-4-11(16)18/h1-2,5H,3-4,6,14H2,(H,15,19). The molecule has 0 unspecified atom stereocenters. The van der Waals surface area contributed by atoms with E-state index in [4.69, 9.17) is 5.84 Å². The van der Waals surface area contributed by atoms with Crippen LogP contribution < -0.4 is 11.3 Å². The Balaban J connectivity index is 2.20. The number of rotatable bonds is 3. The predicted octanol–water partition coefficient (Wildman–Crippen LogP) is 0.702. The second kappa shape index (κ2) is 5.50. The van der Waals surface area contributed by atoms with Crippen molar-refractivity contribution in [3.05, 3.63) is 33.8 Å². The van der Waals surface area contributed by atoms with Crippen molar-refractivity contribution in [1.82, 2.24) is 10.3 Å². The maximum absolute atomic E-state index is 11.5. The zero-order valence-corrected chi connectivity index (χ0v) is 11.6. The van der Waals surface area contributed by atoms with Gasteiger partial charge in [-0.05, 0) is 17.7 Å². The molecule has 1 saturated heterocycles. The van der Waals surface area contributed by atoms with E-state index >= 15 is 0 Å². The van der Waals surface area contributed by atoms with Crippen LogP contribution in [0.1, 0.15) is 28.8 Å². The Morgan fingerprint density at radius 1 is 1.32 bits per heavy atom. The number of nitrogen functional groups attached to an aromatic ring is 1. The predicted molar refractivity (Wildman–Crippen MR) is 70.6 cm³/mol. The van der Waals surface area contributed by atoms with Crippen molar-refractivity contribution in [2.45, 2.75) is 19.4 Å². The van der Waals surface area contributed by atoms with Crippen LogP contribution in [0.3, 0.4) is 0 Å². The molecule has 0 radical (unpaired) electrons. The van der Waals surface area contributed by atoms with E-state index in [0.29, 0.717) is 10.0 Å². The van der Waals surface area contributed by atoms with Crippen LogP contribution in [0.25, 0.3) is 0 Å². The topological polar surface area (TPSA) is 92.5 Å². The average molecular weight is 326 g/mol. The molecule has 1 heterocycles. The summed E-state index contributed by atoms with van der Waals surface area (Å²) in [5.74, 6) is 4.31. The van der Waals surface area contributed by atoms with Crippen molar-refractivity contribution in [2.75, 3.05) is 0 Å². The molecule has 6 nitrogen and oxygen atoms in total. The number of hydrogen-bond donors (Lipinski definition) is 2. The van der Waals surface area contributed by atoms with Gasteiger partial charge in [0.2, 0.25) is 11.8 Å². The molecule has 100 valence electrons. The van der Waals surface area contributed by atoms with Gasteiger partial charge >= 0.3 is 0 Å². The van der Waals surface area contributed by atoms with E-state index in [-0.39, 0.29) is 31.2 Å². The molecule has 1 aliphatic rings. The molecular formula is C12H12BrN3O3. The first-order valence-electron chi connectivity index (χ1n) is 5.65. The van der Waals surface area contributed by atoms with Crippen molar-refractivity contribution in [3.63, 3.8) is 0 Å². The van der Waals surface area contributed by atoms with Crippen LogP contribution in [0.15, 0.2) is 22.7 Å². The van der Waals surface area contributed by atoms with E-state index in [1.165, 1.54) is 4.90 Å². The van der Waals surface area contributed by atoms with E-state index in [1.807, 2.05) is 5.43 Å². The highest BCUT2D eigenvalue weighted by atomic mass is 79.9. The Kier molecular flexibility index (Phi) is 3.96. The zero-order valence-electron chi connectivity index (χ0n) is 9.98. The van der Waals surface area contributed by atoms with Gasteiger partial charge in [-0.2, -0.15) is 0 Å². The molecule has 1 fully saturated rings. The number of amides is 3. The molecule has 3 N–H and O–H groups in total. The Morgan fingerprint density at radius 2 is 1.95 bits per heavy atom. The largest absolute Gasteiger partial charge is 0.290 e. The highest BCUT2D eigenvalue weighted by Crippen LogP contribution is 2.23. The minimum Gasteiger partial charge on any atom is -0.290 e. The number of nitrogens with zero attached hydrogens (tertiary/aromatic N) is 1. The lowest BCUT2D eigenvalue weighted by molar-refractivity contribution is -0.139. The first-order chi connectivity index (χ1) is 9.02. The van der Waals surface area contributed by atoms with E-state index in [0.717, 1.165) is 5.56 Å². The summed E-state index contributed by atoms with van der Waals surface area (Å²) in [4.78, 5) is 35.6. The van der Waals surface area contributed by atoms with E-state index in [1.54, 1.807) is 18.2 Å². The number of carbonyl (C=O) groups is 3. The zero-order chi connectivity index (χ0) is 14.0. The van der Waals surface area contributed by atoms with Crippen molar-refractivity contribution < 1.29 is 14.4 Å². The molecular weight excluding hydrogens is 314 g/mol. The van der Waals surface area contributed by atoms with Gasteiger partial charge in [0.1, 0.15) is 0 Å². The Hall–Kier alpha value is -1.73. The second-order valence-electron chi connectivity index (χ2n) is 4.15. The summed E-state index contributed by atoms with van der Waals surface area (Å²) in [6, 6.07) is 4.88. The van der Waals surface area contributed by atoms with Crippen LogP contribution in [-0.4, -0.2) is 22.6 Å². The summed E-state index contributed by atoms with van der Waals surface area (Å²) in [7, 11) is 0. The lowest BCUT2D eigenvalue weighted by atomic mass is 10.1. The lowest BCUT2D eigenvalue weighted by Crippen LogP contribution is -2.30. The highest BCUT2D eigenvalue weighted by Gasteiger charge is 2.29. The fourth-order valence-corrected chi connectivity index (χ4v) is 2.37. The molecule has 7 heteroatoms. The summed E-state index contributed by atoms with van der Waals surface area (Å²) >= 11 is 3.32. The van der Waals surface area contributed by atoms with Gasteiger partial charge in [0.25, 0.3) is 5.91 Å². The number of nitrogens with two attached hydrogens (primary N) is 1. The van der Waals surface area contributed by atoms with Gasteiger partial charge in [0.05, 0.1) is 6.54 Å². The maximum atomic E-state index is 11.5. The van der Waals surface area contributed by atoms with E-state index < -0.39 is 5.91 Å². The number of carbonyl (C=O) groups excluding carboxylic acids is 3. The van der Waals surface area contributed by atoms with Crippen LogP contribution in [0.4, 0.5) is 0 Å². The molecule has 19 heavy (non-hydrogen) atoms. The van der Waals surface area contributed by atoms with Crippen LogP contribution >= 0.6 is 15.9 Å². The van der Waals surface area contributed by atoms with Crippen LogP contribution in [0.5, 0.6) is 0 Å². The molecule has 0 aromatic heterocycles. The number of hydrogen-bond acceptors (Lipinski definition) is 4. The lowest BCUT2D eigenvalue weighted by Gasteiger charge is -2.15. The number of benzene rings is 1. The van der Waals surface area contributed by atoms with E-state index in [2.05, 4.69) is 15.9 Å². The molecule has 0 aliphatic carbocycles. The Bertz CT molecular complexity index is 543. The third kappa shape index (κ3) is 2.82. The normalized spacial score (nSPS) is 14.9. The third-order valence-electron chi connectivity index (χ3n) is 2.93. The van der Waals surface area contributed by atoms with Crippen molar-refractivity contribution >= 4 is 33.7 Å². The van der Waals surface area contributed by atoms with Gasteiger partial charge in [0, 0.05) is 22.9 Å². The summed E-state index contributed by atoms with van der Waals surface area (Å²) in [5, 5.41) is 0. The first-order valence-corrected chi connectivity index (χ1v) is 6.45. The number of hydrazine groups is 1. The third-order valence-corrected chi connectivity index (χ3v) is 3.67. The van der Waals surface area contributed by atoms with Crippen molar-refractivity contribution in [2.24, 2.45) is 5.84 Å². The minimum atomic E-state index is -0.402.